The number of amides is 1. The highest BCUT2D eigenvalue weighted by molar-refractivity contribution is 7.90. The van der Waals surface area contributed by atoms with Crippen LogP contribution >= 0.6 is 11.6 Å². The molecule has 3 aromatic heterocycles. The van der Waals surface area contributed by atoms with Crippen LogP contribution in [0.25, 0.3) is 49.2 Å². The Morgan fingerprint density at radius 2 is 1.63 bits per heavy atom. The zero-order valence-electron chi connectivity index (χ0n) is 37.4. The molecule has 5 aromatic carbocycles. The fraction of sp³-hybridized carbons (Fsp3) is 0.286. The lowest BCUT2D eigenvalue weighted by Gasteiger charge is -2.32. The number of piperazine rings is 1. The van der Waals surface area contributed by atoms with Crippen LogP contribution in [-0.2, 0) is 27.8 Å². The molecular formula is C49H49ClFN9O6S. The van der Waals surface area contributed by atoms with Crippen LogP contribution in [0.1, 0.15) is 25.1 Å². The number of para-hydroxylation sites is 2. The van der Waals surface area contributed by atoms with Crippen molar-refractivity contribution in [2.45, 2.75) is 38.2 Å². The monoisotopic (exact) mass is 945 g/mol. The van der Waals surface area contributed by atoms with Crippen LogP contribution in [-0.4, -0.2) is 113 Å². The zero-order chi connectivity index (χ0) is 46.8. The number of sulfonamides is 1. The molecule has 1 aliphatic rings. The minimum atomic E-state index is -4.06. The minimum absolute atomic E-state index is 0.0235. The van der Waals surface area contributed by atoms with E-state index in [9.17, 15) is 13.2 Å². The Bertz CT molecular complexity index is 3260. The molecule has 9 rings (SSSR count). The molecule has 8 aromatic rings. The quantitative estimate of drug-likeness (QED) is 0.0915. The van der Waals surface area contributed by atoms with E-state index in [2.05, 4.69) is 42.0 Å². The molecule has 1 aliphatic heterocycles. The Hall–Kier alpha value is -6.66. The van der Waals surface area contributed by atoms with Crippen molar-refractivity contribution in [3.63, 3.8) is 0 Å². The summed E-state index contributed by atoms with van der Waals surface area (Å²) in [4.78, 5) is 32.7. The molecule has 346 valence electrons. The Labute approximate surface area is 391 Å². The number of hydrogen-bond donors (Lipinski definition) is 2. The summed E-state index contributed by atoms with van der Waals surface area (Å²) in [7, 11) is -0.357. The van der Waals surface area contributed by atoms with Crippen molar-refractivity contribution in [2.24, 2.45) is 0 Å². The van der Waals surface area contributed by atoms with Crippen molar-refractivity contribution in [1.29, 1.82) is 0 Å². The summed E-state index contributed by atoms with van der Waals surface area (Å²) in [6.07, 6.45) is 4.78. The number of likely N-dealkylation sites (N-methyl/N-ethyl adjacent to an activating group) is 1. The van der Waals surface area contributed by atoms with Crippen molar-refractivity contribution >= 4 is 71.2 Å². The van der Waals surface area contributed by atoms with E-state index in [-0.39, 0.29) is 18.8 Å². The van der Waals surface area contributed by atoms with Gasteiger partial charge in [0.25, 0.3) is 5.91 Å². The molecule has 0 bridgehead atoms. The highest BCUT2D eigenvalue weighted by atomic mass is 35.5. The minimum Gasteiger partial charge on any atom is -0.496 e. The number of halogens is 2. The molecule has 18 heteroatoms. The number of methoxy groups -OCH3 is 1. The molecule has 1 amide bonds. The van der Waals surface area contributed by atoms with E-state index in [1.54, 1.807) is 36.0 Å². The van der Waals surface area contributed by atoms with Crippen LogP contribution in [0.4, 0.5) is 10.2 Å². The lowest BCUT2D eigenvalue weighted by Crippen LogP contribution is -2.46. The van der Waals surface area contributed by atoms with Crippen LogP contribution in [0, 0.1) is 5.82 Å². The van der Waals surface area contributed by atoms with Crippen LogP contribution in [0.2, 0.25) is 5.02 Å². The highest BCUT2D eigenvalue weighted by Crippen LogP contribution is 2.45. The maximum absolute atomic E-state index is 15.1. The predicted octanol–water partition coefficient (Wildman–Crippen LogP) is 7.53. The first kappa shape index (κ1) is 45.5. The average Bonchev–Trinajstić information content (AvgIpc) is 3.73. The fourth-order valence-corrected chi connectivity index (χ4v) is 9.35. The predicted molar refractivity (Wildman–Crippen MR) is 258 cm³/mol. The first-order chi connectivity index (χ1) is 32.4. The second-order valence-electron chi connectivity index (χ2n) is 16.7. The van der Waals surface area contributed by atoms with E-state index >= 15 is 4.39 Å². The molecule has 15 nitrogen and oxygen atoms in total. The molecule has 1 atom stereocenters. The maximum Gasteiger partial charge on any atom is 0.256 e. The van der Waals surface area contributed by atoms with Crippen LogP contribution in [0.15, 0.2) is 104 Å². The number of rotatable bonds is 16. The normalized spacial score (nSPS) is 14.3. The number of ether oxygens (including phenoxy) is 3. The largest absolute Gasteiger partial charge is 0.496 e. The van der Waals surface area contributed by atoms with Crippen molar-refractivity contribution in [2.75, 3.05) is 58.8 Å². The summed E-state index contributed by atoms with van der Waals surface area (Å²) in [6, 6.07) is 23.4. The van der Waals surface area contributed by atoms with Crippen LogP contribution < -0.4 is 24.2 Å². The number of nitrogens with zero attached hydrogens (tertiary/aromatic N) is 7. The van der Waals surface area contributed by atoms with E-state index < -0.39 is 33.0 Å². The zero-order valence-corrected chi connectivity index (χ0v) is 38.9. The van der Waals surface area contributed by atoms with Gasteiger partial charge in [-0.05, 0) is 91.1 Å². The van der Waals surface area contributed by atoms with Crippen molar-refractivity contribution in [3.8, 4) is 28.6 Å². The Kier molecular flexibility index (Phi) is 13.1. The van der Waals surface area contributed by atoms with Gasteiger partial charge in [0.05, 0.1) is 28.6 Å². The SMILES string of the molecule is COc1ccccc1-c1nccc(COc2ccccc2CC(Nc2ncnn3cc4c5ccc(F)cc5c5c(Cl)c(OCCN6CCN(C)CC6)ccc5c4c23)C(=O)NS(=O)(=O)C(C)C)n1. The summed E-state index contributed by atoms with van der Waals surface area (Å²) < 4.78 is 63.6. The van der Waals surface area contributed by atoms with Gasteiger partial charge in [0, 0.05) is 67.7 Å². The molecule has 67 heavy (non-hydrogen) atoms. The van der Waals surface area contributed by atoms with Crippen molar-refractivity contribution < 1.29 is 31.8 Å². The fourth-order valence-electron chi connectivity index (χ4n) is 8.37. The number of carbonyl (C=O) groups excluding carboxylic acids is 1. The summed E-state index contributed by atoms with van der Waals surface area (Å²) in [5.41, 5.74) is 2.41. The van der Waals surface area contributed by atoms with E-state index in [0.717, 1.165) is 43.7 Å². The number of nitrogens with one attached hydrogen (secondary N) is 2. The Morgan fingerprint density at radius 3 is 2.42 bits per heavy atom. The molecule has 4 heterocycles. The molecule has 1 saturated heterocycles. The van der Waals surface area contributed by atoms with Gasteiger partial charge in [-0.25, -0.2) is 32.3 Å². The van der Waals surface area contributed by atoms with E-state index in [0.29, 0.717) is 78.4 Å². The Balaban J connectivity index is 1.08. The first-order valence-corrected chi connectivity index (χ1v) is 23.8. The second kappa shape index (κ2) is 19.3. The highest BCUT2D eigenvalue weighted by Gasteiger charge is 2.29. The first-order valence-electron chi connectivity index (χ1n) is 21.9. The summed E-state index contributed by atoms with van der Waals surface area (Å²) >= 11 is 7.25. The average molecular weight is 947 g/mol. The third-order valence-electron chi connectivity index (χ3n) is 12.1. The summed E-state index contributed by atoms with van der Waals surface area (Å²) in [5, 5.41) is 11.2. The number of fused-ring (bicyclic) bond motifs is 8. The molecule has 1 fully saturated rings. The standard InChI is InChI=1S/C49H49ClFN9O6S/c1-30(2)67(62,63)57-49(61)39(25-31-9-5-7-11-40(31)66-28-33-17-18-52-47(55-33)35-10-6-8-12-41(35)64-4)56-48-46-44-36-15-16-42(65-24-23-59-21-19-58(3)20-22-59)45(50)43(36)37-26-32(51)13-14-34(37)38(44)27-60(46)54-29-53-48/h5-18,26-27,29-30,39H,19-25,28H2,1-4H3,(H,57,61)(H,53,54,56). The van der Waals surface area contributed by atoms with Gasteiger partial charge in [-0.3, -0.25) is 14.4 Å². The van der Waals surface area contributed by atoms with Gasteiger partial charge < -0.3 is 24.4 Å². The third kappa shape index (κ3) is 9.50. The van der Waals surface area contributed by atoms with Gasteiger partial charge in [-0.1, -0.05) is 48.0 Å². The third-order valence-corrected chi connectivity index (χ3v) is 14.2. The molecule has 0 radical (unpaired) electrons. The van der Waals surface area contributed by atoms with Gasteiger partial charge >= 0.3 is 0 Å². The van der Waals surface area contributed by atoms with Gasteiger partial charge in [-0.15, -0.1) is 0 Å². The molecular weight excluding hydrogens is 897 g/mol. The number of hydrogen-bond acceptors (Lipinski definition) is 13. The lowest BCUT2D eigenvalue weighted by molar-refractivity contribution is -0.120. The molecule has 0 saturated carbocycles. The van der Waals surface area contributed by atoms with Crippen molar-refractivity contribution in [1.82, 2.24) is 39.1 Å². The van der Waals surface area contributed by atoms with Crippen LogP contribution in [0.5, 0.6) is 17.2 Å². The van der Waals surface area contributed by atoms with Gasteiger partial charge in [-0.2, -0.15) is 5.10 Å². The molecule has 1 unspecified atom stereocenters. The molecule has 0 aliphatic carbocycles. The second-order valence-corrected chi connectivity index (χ2v) is 19.3. The summed E-state index contributed by atoms with van der Waals surface area (Å²) in [6.45, 7) is 8.04. The molecule has 0 spiro atoms. The number of aromatic nitrogens is 5. The van der Waals surface area contributed by atoms with Gasteiger partial charge in [0.1, 0.15) is 54.2 Å². The van der Waals surface area contributed by atoms with E-state index in [1.165, 1.54) is 32.3 Å². The Morgan fingerprint density at radius 1 is 0.866 bits per heavy atom. The maximum atomic E-state index is 15.1. The van der Waals surface area contributed by atoms with Gasteiger partial charge in [0.2, 0.25) is 10.0 Å². The smallest absolute Gasteiger partial charge is 0.256 e. The number of carbonyl (C=O) groups is 1. The summed E-state index contributed by atoms with van der Waals surface area (Å²) in [5.74, 6) is 1.01. The number of anilines is 1. The topological polar surface area (TPSA) is 165 Å². The lowest BCUT2D eigenvalue weighted by atomic mass is 9.95. The van der Waals surface area contributed by atoms with Gasteiger partial charge in [0.15, 0.2) is 11.6 Å². The molecule has 2 N–H and O–H groups in total. The number of benzene rings is 5. The van der Waals surface area contributed by atoms with E-state index in [4.69, 9.17) is 30.8 Å². The van der Waals surface area contributed by atoms with Crippen molar-refractivity contribution in [3.05, 3.63) is 126 Å². The van der Waals surface area contributed by atoms with Crippen LogP contribution in [0.3, 0.4) is 0 Å². The van der Waals surface area contributed by atoms with E-state index in [1.807, 2.05) is 60.8 Å².